The second kappa shape index (κ2) is 4.82. The van der Waals surface area contributed by atoms with Crippen LogP contribution in [0.2, 0.25) is 5.02 Å². The molecule has 108 valence electrons. The zero-order valence-corrected chi connectivity index (χ0v) is 12.5. The standard InChI is InChI=1S/C14H10ClFN2O2S/c1-21(19,20)12-4-2-3-11-13(12)18-14(17-11)9-7-8(15)5-6-10(9)16/h2-7H,1H3,(H,17,18). The van der Waals surface area contributed by atoms with Crippen LogP contribution in [0.4, 0.5) is 4.39 Å². The van der Waals surface area contributed by atoms with Crippen molar-refractivity contribution in [2.75, 3.05) is 6.26 Å². The lowest BCUT2D eigenvalue weighted by Crippen LogP contribution is -1.97. The lowest BCUT2D eigenvalue weighted by molar-refractivity contribution is 0.602. The van der Waals surface area contributed by atoms with Gasteiger partial charge in [0.05, 0.1) is 16.0 Å². The molecule has 1 N–H and O–H groups in total. The van der Waals surface area contributed by atoms with E-state index in [1.807, 2.05) is 0 Å². The number of H-pyrrole nitrogens is 1. The van der Waals surface area contributed by atoms with E-state index in [1.165, 1.54) is 24.3 Å². The smallest absolute Gasteiger partial charge is 0.177 e. The predicted octanol–water partition coefficient (Wildman–Crippen LogP) is 3.43. The van der Waals surface area contributed by atoms with E-state index in [0.29, 0.717) is 10.5 Å². The van der Waals surface area contributed by atoms with E-state index in [-0.39, 0.29) is 21.8 Å². The molecular weight excluding hydrogens is 315 g/mol. The molecule has 0 saturated carbocycles. The molecule has 0 saturated heterocycles. The highest BCUT2D eigenvalue weighted by Crippen LogP contribution is 2.28. The van der Waals surface area contributed by atoms with Crippen molar-refractivity contribution in [3.63, 3.8) is 0 Å². The third-order valence-corrected chi connectivity index (χ3v) is 4.42. The molecule has 0 spiro atoms. The summed E-state index contributed by atoms with van der Waals surface area (Å²) in [5.41, 5.74) is 1.000. The Labute approximate surface area is 125 Å². The molecule has 4 nitrogen and oxygen atoms in total. The molecule has 2 aromatic carbocycles. The molecule has 21 heavy (non-hydrogen) atoms. The average Bonchev–Trinajstić information content (AvgIpc) is 2.83. The first-order chi connectivity index (χ1) is 9.86. The van der Waals surface area contributed by atoms with Crippen molar-refractivity contribution >= 4 is 32.5 Å². The first kappa shape index (κ1) is 14.0. The van der Waals surface area contributed by atoms with Crippen LogP contribution in [0.25, 0.3) is 22.4 Å². The maximum absolute atomic E-state index is 13.9. The van der Waals surface area contributed by atoms with Crippen molar-refractivity contribution in [3.05, 3.63) is 47.2 Å². The van der Waals surface area contributed by atoms with E-state index in [1.54, 1.807) is 12.1 Å². The molecule has 7 heteroatoms. The van der Waals surface area contributed by atoms with Gasteiger partial charge in [0.2, 0.25) is 0 Å². The van der Waals surface area contributed by atoms with Crippen molar-refractivity contribution in [3.8, 4) is 11.4 Å². The molecule has 0 bridgehead atoms. The molecule has 1 heterocycles. The number of rotatable bonds is 2. The number of hydrogen-bond donors (Lipinski definition) is 1. The molecule has 0 unspecified atom stereocenters. The van der Waals surface area contributed by atoms with Crippen molar-refractivity contribution in [2.45, 2.75) is 4.90 Å². The number of imidazole rings is 1. The highest BCUT2D eigenvalue weighted by molar-refractivity contribution is 7.91. The highest BCUT2D eigenvalue weighted by atomic mass is 35.5. The van der Waals surface area contributed by atoms with Gasteiger partial charge in [0.15, 0.2) is 9.84 Å². The van der Waals surface area contributed by atoms with E-state index >= 15 is 0 Å². The van der Waals surface area contributed by atoms with E-state index in [2.05, 4.69) is 9.97 Å². The fourth-order valence-electron chi connectivity index (χ4n) is 2.11. The Morgan fingerprint density at radius 2 is 2.00 bits per heavy atom. The van der Waals surface area contributed by atoms with E-state index in [9.17, 15) is 12.8 Å². The Morgan fingerprint density at radius 1 is 1.24 bits per heavy atom. The topological polar surface area (TPSA) is 62.8 Å². The number of benzene rings is 2. The van der Waals surface area contributed by atoms with Gasteiger partial charge in [-0.05, 0) is 30.3 Å². The van der Waals surface area contributed by atoms with Gasteiger partial charge in [0.1, 0.15) is 17.2 Å². The van der Waals surface area contributed by atoms with E-state index < -0.39 is 15.7 Å². The summed E-state index contributed by atoms with van der Waals surface area (Å²) in [5, 5.41) is 0.371. The van der Waals surface area contributed by atoms with Crippen LogP contribution in [0.5, 0.6) is 0 Å². The normalized spacial score (nSPS) is 12.0. The molecule has 0 aliphatic heterocycles. The van der Waals surface area contributed by atoms with Crippen molar-refractivity contribution in [1.29, 1.82) is 0 Å². The summed E-state index contributed by atoms with van der Waals surface area (Å²) in [6, 6.07) is 8.87. The zero-order valence-electron chi connectivity index (χ0n) is 10.9. The summed E-state index contributed by atoms with van der Waals surface area (Å²) in [6.45, 7) is 0. The molecule has 0 fully saturated rings. The number of aromatic nitrogens is 2. The number of hydrogen-bond acceptors (Lipinski definition) is 3. The van der Waals surface area contributed by atoms with Crippen LogP contribution in [0.15, 0.2) is 41.3 Å². The molecule has 3 rings (SSSR count). The van der Waals surface area contributed by atoms with Crippen LogP contribution in [-0.4, -0.2) is 24.6 Å². The first-order valence-corrected chi connectivity index (χ1v) is 8.27. The van der Waals surface area contributed by atoms with Crippen molar-refractivity contribution in [1.82, 2.24) is 9.97 Å². The Hall–Kier alpha value is -1.92. The first-order valence-electron chi connectivity index (χ1n) is 6.00. The SMILES string of the molecule is CS(=O)(=O)c1cccc2[nH]c(-c3cc(Cl)ccc3F)nc12. The van der Waals surface area contributed by atoms with E-state index in [4.69, 9.17) is 11.6 Å². The number of aromatic amines is 1. The Kier molecular flexibility index (Phi) is 3.22. The summed E-state index contributed by atoms with van der Waals surface area (Å²) >= 11 is 5.87. The molecule has 1 aromatic heterocycles. The Bertz CT molecular complexity index is 951. The number of halogens is 2. The molecule has 3 aromatic rings. The van der Waals surface area contributed by atoms with Gasteiger partial charge in [0, 0.05) is 11.3 Å². The summed E-state index contributed by atoms with van der Waals surface area (Å²) in [4.78, 5) is 7.24. The number of fused-ring (bicyclic) bond motifs is 1. The van der Waals surface area contributed by atoms with Gasteiger partial charge in [-0.15, -0.1) is 0 Å². The second-order valence-electron chi connectivity index (χ2n) is 4.63. The van der Waals surface area contributed by atoms with Gasteiger partial charge in [-0.1, -0.05) is 17.7 Å². The predicted molar refractivity (Wildman–Crippen MR) is 79.6 cm³/mol. The quantitative estimate of drug-likeness (QED) is 0.785. The van der Waals surface area contributed by atoms with Gasteiger partial charge in [-0.3, -0.25) is 0 Å². The summed E-state index contributed by atoms with van der Waals surface area (Å²) < 4.78 is 37.4. The van der Waals surface area contributed by atoms with Crippen LogP contribution in [0, 0.1) is 5.82 Å². The summed E-state index contributed by atoms with van der Waals surface area (Å²) in [6.07, 6.45) is 1.11. The number of nitrogens with zero attached hydrogens (tertiary/aromatic N) is 1. The Morgan fingerprint density at radius 3 is 2.71 bits per heavy atom. The third-order valence-electron chi connectivity index (χ3n) is 3.06. The van der Waals surface area contributed by atoms with Gasteiger partial charge in [0.25, 0.3) is 0 Å². The van der Waals surface area contributed by atoms with Crippen LogP contribution in [-0.2, 0) is 9.84 Å². The van der Waals surface area contributed by atoms with Crippen LogP contribution >= 0.6 is 11.6 Å². The Balaban J connectivity index is 2.30. The summed E-state index contributed by atoms with van der Waals surface area (Å²) in [5.74, 6) is -0.250. The van der Waals surface area contributed by atoms with Gasteiger partial charge >= 0.3 is 0 Å². The summed E-state index contributed by atoms with van der Waals surface area (Å²) in [7, 11) is -3.42. The van der Waals surface area contributed by atoms with Crippen LogP contribution in [0.1, 0.15) is 0 Å². The fourth-order valence-corrected chi connectivity index (χ4v) is 3.12. The molecule has 0 aliphatic carbocycles. The van der Waals surface area contributed by atoms with Crippen molar-refractivity contribution in [2.24, 2.45) is 0 Å². The highest BCUT2D eigenvalue weighted by Gasteiger charge is 2.17. The number of nitrogens with one attached hydrogen (secondary N) is 1. The minimum Gasteiger partial charge on any atom is -0.338 e. The zero-order chi connectivity index (χ0) is 15.2. The van der Waals surface area contributed by atoms with Gasteiger partial charge in [-0.2, -0.15) is 0 Å². The molecule has 0 atom stereocenters. The molecule has 0 radical (unpaired) electrons. The lowest BCUT2D eigenvalue weighted by Gasteiger charge is -1.99. The van der Waals surface area contributed by atoms with Crippen molar-refractivity contribution < 1.29 is 12.8 Å². The second-order valence-corrected chi connectivity index (χ2v) is 7.05. The maximum atomic E-state index is 13.9. The van der Waals surface area contributed by atoms with Crippen LogP contribution < -0.4 is 0 Å². The number of sulfone groups is 1. The van der Waals surface area contributed by atoms with Gasteiger partial charge < -0.3 is 4.98 Å². The monoisotopic (exact) mass is 324 g/mol. The molecule has 0 amide bonds. The van der Waals surface area contributed by atoms with E-state index in [0.717, 1.165) is 6.26 Å². The lowest BCUT2D eigenvalue weighted by atomic mass is 10.2. The number of para-hydroxylation sites is 1. The minimum absolute atomic E-state index is 0.102. The fraction of sp³-hybridized carbons (Fsp3) is 0.0714. The van der Waals surface area contributed by atoms with Gasteiger partial charge in [-0.25, -0.2) is 17.8 Å². The van der Waals surface area contributed by atoms with Crippen LogP contribution in [0.3, 0.4) is 0 Å². The third kappa shape index (κ3) is 2.52. The maximum Gasteiger partial charge on any atom is 0.177 e. The minimum atomic E-state index is -3.42. The largest absolute Gasteiger partial charge is 0.338 e. The molecular formula is C14H10ClFN2O2S. The average molecular weight is 325 g/mol. The molecule has 0 aliphatic rings.